The van der Waals surface area contributed by atoms with Gasteiger partial charge in [0.25, 0.3) is 5.91 Å². The minimum atomic E-state index is -0.113. The number of hydrogen-bond donors (Lipinski definition) is 1. The lowest BCUT2D eigenvalue weighted by Gasteiger charge is -2.40. The van der Waals surface area contributed by atoms with Gasteiger partial charge in [0, 0.05) is 50.7 Å². The van der Waals surface area contributed by atoms with Crippen LogP contribution in [0.4, 0.5) is 0 Å². The van der Waals surface area contributed by atoms with Crippen molar-refractivity contribution < 1.29 is 9.59 Å². The number of nitrogens with one attached hydrogen (secondary N) is 1. The molecule has 2 fully saturated rings. The monoisotopic (exact) mass is 406 g/mol. The van der Waals surface area contributed by atoms with Crippen LogP contribution in [0.2, 0.25) is 0 Å². The van der Waals surface area contributed by atoms with E-state index in [0.29, 0.717) is 25.6 Å². The zero-order valence-corrected chi connectivity index (χ0v) is 17.4. The van der Waals surface area contributed by atoms with Gasteiger partial charge >= 0.3 is 0 Å². The Kier molecular flexibility index (Phi) is 6.74. The van der Waals surface area contributed by atoms with Gasteiger partial charge in [0.2, 0.25) is 5.91 Å². The van der Waals surface area contributed by atoms with Crippen molar-refractivity contribution in [3.63, 3.8) is 0 Å². The van der Waals surface area contributed by atoms with E-state index in [1.165, 1.54) is 12.8 Å². The molecule has 2 heterocycles. The Balaban J connectivity index is 1.38. The smallest absolute Gasteiger partial charge is 0.253 e. The second-order valence-electron chi connectivity index (χ2n) is 8.26. The molecule has 1 aromatic heterocycles. The topological polar surface area (TPSA) is 65.5 Å². The summed E-state index contributed by atoms with van der Waals surface area (Å²) in [6.45, 7) is 3.29. The summed E-state index contributed by atoms with van der Waals surface area (Å²) < 4.78 is 0. The molecule has 158 valence electrons. The van der Waals surface area contributed by atoms with Crippen LogP contribution in [-0.4, -0.2) is 58.8 Å². The van der Waals surface area contributed by atoms with E-state index in [-0.39, 0.29) is 17.9 Å². The van der Waals surface area contributed by atoms with Crippen molar-refractivity contribution in [2.45, 2.75) is 38.3 Å². The average molecular weight is 407 g/mol. The van der Waals surface area contributed by atoms with E-state index in [9.17, 15) is 9.59 Å². The van der Waals surface area contributed by atoms with Crippen molar-refractivity contribution in [3.8, 4) is 0 Å². The molecule has 4 rings (SSSR count). The lowest BCUT2D eigenvalue weighted by atomic mass is 9.95. The number of aromatic nitrogens is 1. The molecule has 1 unspecified atom stereocenters. The molecular weight excluding hydrogens is 376 g/mol. The summed E-state index contributed by atoms with van der Waals surface area (Å²) in [5.41, 5.74) is 1.74. The van der Waals surface area contributed by atoms with Crippen molar-refractivity contribution in [1.29, 1.82) is 0 Å². The second-order valence-corrected chi connectivity index (χ2v) is 8.26. The van der Waals surface area contributed by atoms with Crippen LogP contribution in [0, 0.1) is 5.92 Å². The molecule has 2 amide bonds. The third kappa shape index (κ3) is 4.87. The predicted molar refractivity (Wildman–Crippen MR) is 116 cm³/mol. The first kappa shape index (κ1) is 20.5. The van der Waals surface area contributed by atoms with Gasteiger partial charge in [-0.15, -0.1) is 0 Å². The van der Waals surface area contributed by atoms with Crippen molar-refractivity contribution in [2.75, 3.05) is 26.2 Å². The Labute approximate surface area is 178 Å². The Morgan fingerprint density at radius 2 is 1.73 bits per heavy atom. The maximum Gasteiger partial charge on any atom is 0.253 e. The summed E-state index contributed by atoms with van der Waals surface area (Å²) in [6, 6.07) is 13.2. The highest BCUT2D eigenvalue weighted by molar-refractivity contribution is 5.94. The van der Waals surface area contributed by atoms with Crippen LogP contribution in [0.3, 0.4) is 0 Å². The molecule has 30 heavy (non-hydrogen) atoms. The van der Waals surface area contributed by atoms with Crippen LogP contribution >= 0.6 is 0 Å². The minimum absolute atomic E-state index is 0.0775. The van der Waals surface area contributed by atoms with Crippen molar-refractivity contribution in [2.24, 2.45) is 5.92 Å². The van der Waals surface area contributed by atoms with E-state index in [2.05, 4.69) is 15.2 Å². The summed E-state index contributed by atoms with van der Waals surface area (Å²) >= 11 is 0. The maximum atomic E-state index is 13.2. The average Bonchev–Trinajstić information content (AvgIpc) is 3.33. The Bertz CT molecular complexity index is 829. The van der Waals surface area contributed by atoms with Gasteiger partial charge in [0.05, 0.1) is 6.04 Å². The highest BCUT2D eigenvalue weighted by atomic mass is 16.2. The van der Waals surface area contributed by atoms with Gasteiger partial charge in [-0.25, -0.2) is 0 Å². The lowest BCUT2D eigenvalue weighted by Crippen LogP contribution is -2.57. The number of carbonyl (C=O) groups excluding carboxylic acids is 2. The van der Waals surface area contributed by atoms with Gasteiger partial charge in [-0.1, -0.05) is 37.1 Å². The van der Waals surface area contributed by atoms with Crippen LogP contribution in [-0.2, 0) is 11.3 Å². The molecule has 2 aliphatic rings. The molecule has 1 saturated heterocycles. The van der Waals surface area contributed by atoms with E-state index < -0.39 is 0 Å². The van der Waals surface area contributed by atoms with Gasteiger partial charge in [-0.2, -0.15) is 0 Å². The lowest BCUT2D eigenvalue weighted by molar-refractivity contribution is -0.129. The van der Waals surface area contributed by atoms with E-state index >= 15 is 0 Å². The Morgan fingerprint density at radius 3 is 2.40 bits per heavy atom. The third-order valence-electron chi connectivity index (χ3n) is 6.32. The number of pyridine rings is 1. The number of benzene rings is 1. The van der Waals surface area contributed by atoms with Gasteiger partial charge in [0.1, 0.15) is 0 Å². The fourth-order valence-electron chi connectivity index (χ4n) is 4.71. The summed E-state index contributed by atoms with van der Waals surface area (Å²) in [5.74, 6) is 0.581. The standard InChI is InChI=1S/C24H30N4O2/c29-23(26-18-19-7-6-12-25-17-19)22(20-8-4-5-9-20)27-13-15-28(16-14-27)24(30)21-10-2-1-3-11-21/h1-3,6-7,10-12,17,20,22H,4-5,8-9,13-16,18H2,(H,26,29). The summed E-state index contributed by atoms with van der Waals surface area (Å²) in [7, 11) is 0. The minimum Gasteiger partial charge on any atom is -0.351 e. The molecule has 1 aliphatic carbocycles. The van der Waals surface area contributed by atoms with E-state index in [1.54, 1.807) is 12.4 Å². The largest absolute Gasteiger partial charge is 0.351 e. The van der Waals surface area contributed by atoms with Crippen LogP contribution in [0.25, 0.3) is 0 Å². The van der Waals surface area contributed by atoms with E-state index in [4.69, 9.17) is 0 Å². The number of carbonyl (C=O) groups is 2. The number of piperazine rings is 1. The van der Waals surface area contributed by atoms with Crippen LogP contribution < -0.4 is 5.32 Å². The Morgan fingerprint density at radius 1 is 1.00 bits per heavy atom. The van der Waals surface area contributed by atoms with Crippen molar-refractivity contribution in [3.05, 3.63) is 66.0 Å². The highest BCUT2D eigenvalue weighted by Crippen LogP contribution is 2.31. The number of amides is 2. The molecule has 1 aromatic carbocycles. The van der Waals surface area contributed by atoms with Gasteiger partial charge in [-0.05, 0) is 42.5 Å². The van der Waals surface area contributed by atoms with Crippen molar-refractivity contribution in [1.82, 2.24) is 20.1 Å². The maximum absolute atomic E-state index is 13.2. The van der Waals surface area contributed by atoms with Crippen LogP contribution in [0.5, 0.6) is 0 Å². The molecule has 0 radical (unpaired) electrons. The summed E-state index contributed by atoms with van der Waals surface area (Å²) in [4.78, 5) is 34.3. The molecule has 0 bridgehead atoms. The fraction of sp³-hybridized carbons (Fsp3) is 0.458. The highest BCUT2D eigenvalue weighted by Gasteiger charge is 2.37. The molecule has 1 N–H and O–H groups in total. The number of nitrogens with zero attached hydrogens (tertiary/aromatic N) is 3. The van der Waals surface area contributed by atoms with E-state index in [0.717, 1.165) is 37.1 Å². The third-order valence-corrected chi connectivity index (χ3v) is 6.32. The molecule has 1 aliphatic heterocycles. The first-order valence-electron chi connectivity index (χ1n) is 11.0. The van der Waals surface area contributed by atoms with E-state index in [1.807, 2.05) is 47.4 Å². The molecule has 2 aromatic rings. The molecule has 0 spiro atoms. The van der Waals surface area contributed by atoms with Crippen molar-refractivity contribution >= 4 is 11.8 Å². The molecule has 1 saturated carbocycles. The van der Waals surface area contributed by atoms with Crippen LogP contribution in [0.15, 0.2) is 54.9 Å². The molecule has 1 atom stereocenters. The molecular formula is C24H30N4O2. The van der Waals surface area contributed by atoms with Crippen LogP contribution in [0.1, 0.15) is 41.6 Å². The number of hydrogen-bond acceptors (Lipinski definition) is 4. The van der Waals surface area contributed by atoms with Gasteiger partial charge < -0.3 is 10.2 Å². The Hall–Kier alpha value is -2.73. The predicted octanol–water partition coefficient (Wildman–Crippen LogP) is 2.71. The molecule has 6 heteroatoms. The quantitative estimate of drug-likeness (QED) is 0.801. The fourth-order valence-corrected chi connectivity index (χ4v) is 4.71. The summed E-state index contributed by atoms with van der Waals surface area (Å²) in [5, 5.41) is 3.13. The first-order valence-corrected chi connectivity index (χ1v) is 11.0. The SMILES string of the molecule is O=C(NCc1cccnc1)C(C1CCCC1)N1CCN(C(=O)c2ccccc2)CC1. The second kappa shape index (κ2) is 9.85. The van der Waals surface area contributed by atoms with Gasteiger partial charge in [-0.3, -0.25) is 19.5 Å². The summed E-state index contributed by atoms with van der Waals surface area (Å²) in [6.07, 6.45) is 8.14. The van der Waals surface area contributed by atoms with Gasteiger partial charge in [0.15, 0.2) is 0 Å². The number of rotatable bonds is 6. The normalized spacial score (nSPS) is 18.9. The zero-order chi connectivity index (χ0) is 20.8. The molecule has 6 nitrogen and oxygen atoms in total. The first-order chi connectivity index (χ1) is 14.7. The zero-order valence-electron chi connectivity index (χ0n) is 17.4.